The molecule has 1 unspecified atom stereocenters. The number of hydrogen-bond acceptors (Lipinski definition) is 4. The Hall–Kier alpha value is -0.650. The van der Waals surface area contributed by atoms with Crippen molar-refractivity contribution >= 4 is 29.0 Å². The third-order valence-electron chi connectivity index (χ3n) is 3.95. The van der Waals surface area contributed by atoms with Crippen molar-refractivity contribution in [1.82, 2.24) is 9.80 Å². The van der Waals surface area contributed by atoms with Gasteiger partial charge in [-0.15, -0.1) is 0 Å². The van der Waals surface area contributed by atoms with Crippen molar-refractivity contribution in [2.24, 2.45) is 0 Å². The number of piperazine rings is 1. The summed E-state index contributed by atoms with van der Waals surface area (Å²) in [6, 6.07) is 4.76. The largest absolute Gasteiger partial charge is 0.395 e. The Morgan fingerprint density at radius 1 is 1.29 bits per heavy atom. The lowest BCUT2D eigenvalue weighted by molar-refractivity contribution is 0.0663. The molecule has 2 rings (SSSR count). The molecule has 4 nitrogen and oxygen atoms in total. The van der Waals surface area contributed by atoms with E-state index >= 15 is 0 Å². The van der Waals surface area contributed by atoms with Crippen LogP contribution in [-0.4, -0.2) is 66.1 Å². The second-order valence-electron chi connectivity index (χ2n) is 5.27. The quantitative estimate of drug-likeness (QED) is 0.840. The molecule has 1 atom stereocenters. The molecular formula is C15H20Cl2N2O2. The Balaban J connectivity index is 2.00. The van der Waals surface area contributed by atoms with Crippen molar-refractivity contribution in [2.45, 2.75) is 13.0 Å². The summed E-state index contributed by atoms with van der Waals surface area (Å²) in [5, 5.41) is 9.88. The van der Waals surface area contributed by atoms with Crippen LogP contribution in [-0.2, 0) is 0 Å². The third kappa shape index (κ3) is 4.18. The van der Waals surface area contributed by atoms with Crippen LogP contribution in [0.15, 0.2) is 18.2 Å². The van der Waals surface area contributed by atoms with Crippen LogP contribution in [0.4, 0.5) is 0 Å². The van der Waals surface area contributed by atoms with Crippen LogP contribution in [0.2, 0.25) is 10.0 Å². The van der Waals surface area contributed by atoms with Gasteiger partial charge in [-0.2, -0.15) is 0 Å². The summed E-state index contributed by atoms with van der Waals surface area (Å²) in [5.74, 6) is 0.0206. The molecule has 116 valence electrons. The summed E-state index contributed by atoms with van der Waals surface area (Å²) < 4.78 is 0. The molecule has 0 aromatic heterocycles. The van der Waals surface area contributed by atoms with Crippen molar-refractivity contribution in [2.75, 3.05) is 39.3 Å². The van der Waals surface area contributed by atoms with Crippen LogP contribution in [0.5, 0.6) is 0 Å². The zero-order chi connectivity index (χ0) is 15.4. The Morgan fingerprint density at radius 3 is 2.52 bits per heavy atom. The summed E-state index contributed by atoms with van der Waals surface area (Å²) in [6.45, 7) is 6.15. The van der Waals surface area contributed by atoms with Gasteiger partial charge in [0.2, 0.25) is 0 Å². The average Bonchev–Trinajstić information content (AvgIpc) is 2.47. The van der Waals surface area contributed by atoms with E-state index < -0.39 is 0 Å². The molecule has 1 aliphatic heterocycles. The predicted molar refractivity (Wildman–Crippen MR) is 85.4 cm³/mol. The fourth-order valence-electron chi connectivity index (χ4n) is 2.60. The molecule has 1 aromatic rings. The summed E-state index contributed by atoms with van der Waals surface area (Å²) in [5.41, 5.74) is 0.520. The number of carbonyl (C=O) groups is 1. The molecular weight excluding hydrogens is 311 g/mol. The highest BCUT2D eigenvalue weighted by molar-refractivity contribution is 6.37. The molecule has 0 saturated carbocycles. The van der Waals surface area contributed by atoms with E-state index in [0.29, 0.717) is 22.2 Å². The van der Waals surface area contributed by atoms with E-state index in [0.717, 1.165) is 26.2 Å². The average molecular weight is 331 g/mol. The third-order valence-corrected chi connectivity index (χ3v) is 4.49. The second-order valence-corrected chi connectivity index (χ2v) is 6.11. The smallest absolute Gasteiger partial charge is 0.181 e. The van der Waals surface area contributed by atoms with Gasteiger partial charge in [0, 0.05) is 43.3 Å². The maximum absolute atomic E-state index is 12.6. The Labute approximate surface area is 135 Å². The van der Waals surface area contributed by atoms with Crippen molar-refractivity contribution in [3.05, 3.63) is 33.8 Å². The maximum Gasteiger partial charge on any atom is 0.181 e. The lowest BCUT2D eigenvalue weighted by Gasteiger charge is -2.37. The van der Waals surface area contributed by atoms with Crippen LogP contribution >= 0.6 is 23.2 Å². The SMILES string of the molecule is CC(C(=O)c1ccc(Cl)cc1Cl)N1CCN(CCO)CC1. The van der Waals surface area contributed by atoms with Crippen LogP contribution in [0.1, 0.15) is 17.3 Å². The van der Waals surface area contributed by atoms with Gasteiger partial charge >= 0.3 is 0 Å². The van der Waals surface area contributed by atoms with Crippen molar-refractivity contribution in [3.63, 3.8) is 0 Å². The van der Waals surface area contributed by atoms with Crippen molar-refractivity contribution in [1.29, 1.82) is 0 Å². The number of β-amino-alcohol motifs (C(OH)–C–C–N with tert-alkyl or cyclic N) is 1. The van der Waals surface area contributed by atoms with Crippen LogP contribution in [0.3, 0.4) is 0 Å². The summed E-state index contributed by atoms with van der Waals surface area (Å²) >= 11 is 12.0. The maximum atomic E-state index is 12.6. The van der Waals surface area contributed by atoms with E-state index in [1.165, 1.54) is 0 Å². The molecule has 21 heavy (non-hydrogen) atoms. The first kappa shape index (κ1) is 16.7. The molecule has 1 heterocycles. The summed E-state index contributed by atoms with van der Waals surface area (Å²) in [7, 11) is 0. The van der Waals surface area contributed by atoms with E-state index in [2.05, 4.69) is 9.80 Å². The lowest BCUT2D eigenvalue weighted by Crippen LogP contribution is -2.52. The molecule has 0 aliphatic carbocycles. The first-order chi connectivity index (χ1) is 10.0. The van der Waals surface area contributed by atoms with Gasteiger partial charge in [0.25, 0.3) is 0 Å². The number of Topliss-reactive ketones (excluding diaryl/α,β-unsaturated/α-hetero) is 1. The van der Waals surface area contributed by atoms with Gasteiger partial charge in [-0.05, 0) is 25.1 Å². The highest BCUT2D eigenvalue weighted by atomic mass is 35.5. The number of benzene rings is 1. The van der Waals surface area contributed by atoms with Gasteiger partial charge in [-0.1, -0.05) is 23.2 Å². The molecule has 1 fully saturated rings. The van der Waals surface area contributed by atoms with E-state index in [1.54, 1.807) is 18.2 Å². The van der Waals surface area contributed by atoms with E-state index in [9.17, 15) is 4.79 Å². The molecule has 1 aromatic carbocycles. The van der Waals surface area contributed by atoms with Gasteiger partial charge in [0.15, 0.2) is 5.78 Å². The van der Waals surface area contributed by atoms with Gasteiger partial charge in [0.05, 0.1) is 17.7 Å². The monoisotopic (exact) mass is 330 g/mol. The number of aliphatic hydroxyl groups is 1. The van der Waals surface area contributed by atoms with E-state index in [-0.39, 0.29) is 18.4 Å². The van der Waals surface area contributed by atoms with E-state index in [1.807, 2.05) is 6.92 Å². The molecule has 1 aliphatic rings. The fourth-order valence-corrected chi connectivity index (χ4v) is 3.10. The zero-order valence-electron chi connectivity index (χ0n) is 12.1. The second kappa shape index (κ2) is 7.56. The minimum atomic E-state index is -0.208. The first-order valence-corrected chi connectivity index (χ1v) is 7.85. The minimum absolute atomic E-state index is 0.0206. The molecule has 0 spiro atoms. The Bertz CT molecular complexity index is 502. The number of aliphatic hydroxyl groups excluding tert-OH is 1. The molecule has 1 saturated heterocycles. The van der Waals surface area contributed by atoms with Crippen molar-refractivity contribution < 1.29 is 9.90 Å². The standard InChI is InChI=1S/C15H20Cl2N2O2/c1-11(19-6-4-18(5-7-19)8-9-20)15(21)13-3-2-12(16)10-14(13)17/h2-3,10-11,20H,4-9H2,1H3. The van der Waals surface area contributed by atoms with E-state index in [4.69, 9.17) is 28.3 Å². The number of halogens is 2. The summed E-state index contributed by atoms with van der Waals surface area (Å²) in [6.07, 6.45) is 0. The van der Waals surface area contributed by atoms with Crippen LogP contribution in [0, 0.1) is 0 Å². The minimum Gasteiger partial charge on any atom is -0.395 e. The fraction of sp³-hybridized carbons (Fsp3) is 0.533. The molecule has 1 N–H and O–H groups in total. The highest BCUT2D eigenvalue weighted by Crippen LogP contribution is 2.23. The first-order valence-electron chi connectivity index (χ1n) is 7.09. The zero-order valence-corrected chi connectivity index (χ0v) is 13.6. The molecule has 0 radical (unpaired) electrons. The molecule has 0 amide bonds. The summed E-state index contributed by atoms with van der Waals surface area (Å²) in [4.78, 5) is 16.9. The number of nitrogens with zero attached hydrogens (tertiary/aromatic N) is 2. The number of hydrogen-bond donors (Lipinski definition) is 1. The topological polar surface area (TPSA) is 43.8 Å². The van der Waals surface area contributed by atoms with Crippen LogP contribution in [0.25, 0.3) is 0 Å². The van der Waals surface area contributed by atoms with Gasteiger partial charge in [-0.25, -0.2) is 0 Å². The number of ketones is 1. The van der Waals surface area contributed by atoms with Crippen LogP contribution < -0.4 is 0 Å². The lowest BCUT2D eigenvalue weighted by atomic mass is 10.0. The number of carbonyl (C=O) groups excluding carboxylic acids is 1. The van der Waals surface area contributed by atoms with Gasteiger partial charge in [-0.3, -0.25) is 14.6 Å². The predicted octanol–water partition coefficient (Wildman–Crippen LogP) is 2.17. The van der Waals surface area contributed by atoms with Crippen molar-refractivity contribution in [3.8, 4) is 0 Å². The Kier molecular flexibility index (Phi) is 6.02. The van der Waals surface area contributed by atoms with Gasteiger partial charge in [0.1, 0.15) is 0 Å². The number of rotatable bonds is 5. The molecule has 6 heteroatoms. The molecule has 0 bridgehead atoms. The Morgan fingerprint density at radius 2 is 1.95 bits per heavy atom. The normalized spacial score (nSPS) is 18.7. The van der Waals surface area contributed by atoms with Gasteiger partial charge < -0.3 is 5.11 Å². The highest BCUT2D eigenvalue weighted by Gasteiger charge is 2.27.